The van der Waals surface area contributed by atoms with E-state index >= 15 is 0 Å². The summed E-state index contributed by atoms with van der Waals surface area (Å²) in [5.41, 5.74) is 8.06. The highest BCUT2D eigenvalue weighted by molar-refractivity contribution is 5.84. The van der Waals surface area contributed by atoms with Crippen LogP contribution in [0, 0.1) is 6.92 Å². The highest BCUT2D eigenvalue weighted by Gasteiger charge is 2.18. The standard InChI is InChI=1S/C30H29N5/c1-21-16-17-23(20-31-21)33-26-18-28-30(19-27(26)32-22-10-4-2-5-11-22)35(24-12-6-3-7-13-24)29-15-9-8-14-25(29)34-28/h3,6-9,12-20,22,33H,2,4-5,10-11H2,1H3. The van der Waals surface area contributed by atoms with Crippen LogP contribution in [-0.2, 0) is 0 Å². The monoisotopic (exact) mass is 459 g/mol. The number of hydrogen-bond acceptors (Lipinski definition) is 4. The smallest absolute Gasteiger partial charge is 0.0900 e. The molecule has 1 N–H and O–H groups in total. The first kappa shape index (κ1) is 21.5. The van der Waals surface area contributed by atoms with Crippen LogP contribution in [0.15, 0.2) is 90.1 Å². The molecule has 0 unspecified atom stereocenters. The summed E-state index contributed by atoms with van der Waals surface area (Å²) in [5.74, 6) is 0. The molecule has 6 rings (SSSR count). The van der Waals surface area contributed by atoms with Crippen LogP contribution in [0.4, 0.5) is 11.4 Å². The number of nitrogens with zero attached hydrogens (tertiary/aromatic N) is 4. The SMILES string of the molecule is Cc1ccc(Nc2cc3nc4ccccc4n(-c4ccccc4)c-3cc2=NC2CCCCC2)cn1. The van der Waals surface area contributed by atoms with Crippen molar-refractivity contribution in [2.45, 2.75) is 45.1 Å². The Labute approximate surface area is 205 Å². The maximum atomic E-state index is 5.27. The summed E-state index contributed by atoms with van der Waals surface area (Å²) in [6.45, 7) is 2.00. The number of hydrogen-bond donors (Lipinski definition) is 1. The third-order valence-corrected chi connectivity index (χ3v) is 6.80. The summed E-state index contributed by atoms with van der Waals surface area (Å²) in [6, 6.07) is 27.6. The molecule has 2 heterocycles. The molecule has 3 aromatic rings. The number of aryl methyl sites for hydroxylation is 1. The number of nitrogens with one attached hydrogen (secondary N) is 1. The maximum Gasteiger partial charge on any atom is 0.0900 e. The number of benzene rings is 3. The van der Waals surface area contributed by atoms with Gasteiger partial charge in [-0.3, -0.25) is 9.98 Å². The van der Waals surface area contributed by atoms with Crippen molar-refractivity contribution in [3.8, 4) is 17.1 Å². The maximum absolute atomic E-state index is 5.27. The second kappa shape index (κ2) is 9.34. The minimum absolute atomic E-state index is 0.358. The predicted octanol–water partition coefficient (Wildman–Crippen LogP) is 6.81. The summed E-state index contributed by atoms with van der Waals surface area (Å²) in [6.07, 6.45) is 8.00. The number of anilines is 2. The van der Waals surface area contributed by atoms with Gasteiger partial charge < -0.3 is 9.88 Å². The second-order valence-electron chi connectivity index (χ2n) is 9.36. The van der Waals surface area contributed by atoms with E-state index in [1.165, 1.54) is 19.3 Å². The average Bonchev–Trinajstić information content (AvgIpc) is 2.90. The largest absolute Gasteiger partial charge is 0.352 e. The summed E-state index contributed by atoms with van der Waals surface area (Å²) in [7, 11) is 0. The van der Waals surface area contributed by atoms with Crippen molar-refractivity contribution in [1.29, 1.82) is 0 Å². The molecule has 0 bridgehead atoms. The van der Waals surface area contributed by atoms with Gasteiger partial charge in [0.1, 0.15) is 0 Å². The quantitative estimate of drug-likeness (QED) is 0.300. The lowest BCUT2D eigenvalue weighted by Crippen LogP contribution is -2.19. The molecule has 1 saturated carbocycles. The lowest BCUT2D eigenvalue weighted by molar-refractivity contribution is 0.437. The molecule has 35 heavy (non-hydrogen) atoms. The fourth-order valence-electron chi connectivity index (χ4n) is 5.01. The normalized spacial score (nSPS) is 15.1. The van der Waals surface area contributed by atoms with E-state index in [1.807, 2.05) is 25.3 Å². The van der Waals surface area contributed by atoms with E-state index in [1.54, 1.807) is 0 Å². The Morgan fingerprint density at radius 1 is 0.886 bits per heavy atom. The van der Waals surface area contributed by atoms with Crippen molar-refractivity contribution >= 4 is 22.4 Å². The Hall–Kier alpha value is -3.99. The first-order valence-electron chi connectivity index (χ1n) is 12.5. The van der Waals surface area contributed by atoms with E-state index in [0.717, 1.165) is 63.4 Å². The second-order valence-corrected chi connectivity index (χ2v) is 9.36. The van der Waals surface area contributed by atoms with Crippen molar-refractivity contribution in [1.82, 2.24) is 14.5 Å². The van der Waals surface area contributed by atoms with Crippen molar-refractivity contribution in [2.75, 3.05) is 5.32 Å². The van der Waals surface area contributed by atoms with Crippen LogP contribution >= 0.6 is 0 Å². The molecule has 174 valence electrons. The Bertz CT molecular complexity index is 1500. The Morgan fingerprint density at radius 2 is 1.69 bits per heavy atom. The van der Waals surface area contributed by atoms with Gasteiger partial charge in [0.05, 0.1) is 51.4 Å². The van der Waals surface area contributed by atoms with Crippen LogP contribution in [0.3, 0.4) is 0 Å². The molecule has 1 aromatic heterocycles. The van der Waals surface area contributed by atoms with Gasteiger partial charge in [-0.1, -0.05) is 49.6 Å². The molecule has 1 fully saturated rings. The first-order chi connectivity index (χ1) is 17.2. The van der Waals surface area contributed by atoms with Gasteiger partial charge >= 0.3 is 0 Å². The van der Waals surface area contributed by atoms with E-state index in [2.05, 4.69) is 81.6 Å². The lowest BCUT2D eigenvalue weighted by atomic mass is 9.96. The third-order valence-electron chi connectivity index (χ3n) is 6.80. The van der Waals surface area contributed by atoms with Gasteiger partial charge in [-0.2, -0.15) is 0 Å². The lowest BCUT2D eigenvalue weighted by Gasteiger charge is -2.21. The molecule has 2 aliphatic carbocycles. The van der Waals surface area contributed by atoms with Gasteiger partial charge in [-0.05, 0) is 68.3 Å². The predicted molar refractivity (Wildman–Crippen MR) is 142 cm³/mol. The van der Waals surface area contributed by atoms with Crippen molar-refractivity contribution < 1.29 is 0 Å². The van der Waals surface area contributed by atoms with Crippen molar-refractivity contribution in [3.05, 3.63) is 96.1 Å². The van der Waals surface area contributed by atoms with Crippen LogP contribution in [0.2, 0.25) is 0 Å². The van der Waals surface area contributed by atoms with Gasteiger partial charge in [0.15, 0.2) is 0 Å². The molecular formula is C30H29N5. The molecule has 5 nitrogen and oxygen atoms in total. The minimum atomic E-state index is 0.358. The van der Waals surface area contributed by atoms with Crippen LogP contribution < -0.4 is 10.7 Å². The highest BCUT2D eigenvalue weighted by Crippen LogP contribution is 2.30. The van der Waals surface area contributed by atoms with Gasteiger partial charge in [0.2, 0.25) is 0 Å². The molecule has 3 aliphatic rings. The zero-order valence-corrected chi connectivity index (χ0v) is 20.0. The summed E-state index contributed by atoms with van der Waals surface area (Å²) >= 11 is 0. The minimum Gasteiger partial charge on any atom is -0.352 e. The molecule has 0 spiro atoms. The Kier molecular flexibility index (Phi) is 5.75. The Balaban J connectivity index is 1.61. The van der Waals surface area contributed by atoms with Crippen LogP contribution in [-0.4, -0.2) is 20.6 Å². The number of aromatic nitrogens is 3. The van der Waals surface area contributed by atoms with Gasteiger partial charge in [-0.15, -0.1) is 0 Å². The number of fused-ring (bicyclic) bond motifs is 2. The topological polar surface area (TPSA) is 55.1 Å². The highest BCUT2D eigenvalue weighted by atomic mass is 15.0. The summed E-state index contributed by atoms with van der Waals surface area (Å²) in [5, 5.41) is 4.56. The molecule has 0 saturated heterocycles. The van der Waals surface area contributed by atoms with Gasteiger partial charge in [-0.25, -0.2) is 4.98 Å². The van der Waals surface area contributed by atoms with Crippen molar-refractivity contribution in [2.24, 2.45) is 4.99 Å². The number of rotatable bonds is 4. The summed E-state index contributed by atoms with van der Waals surface area (Å²) < 4.78 is 2.30. The molecule has 1 aliphatic heterocycles. The van der Waals surface area contributed by atoms with E-state index in [-0.39, 0.29) is 0 Å². The Morgan fingerprint density at radius 3 is 2.49 bits per heavy atom. The van der Waals surface area contributed by atoms with E-state index in [9.17, 15) is 0 Å². The van der Waals surface area contributed by atoms with Crippen molar-refractivity contribution in [3.63, 3.8) is 0 Å². The van der Waals surface area contributed by atoms with Crippen LogP contribution in [0.5, 0.6) is 0 Å². The molecule has 0 radical (unpaired) electrons. The zero-order chi connectivity index (χ0) is 23.6. The fourth-order valence-corrected chi connectivity index (χ4v) is 5.01. The molecule has 5 heteroatoms. The molecule has 0 amide bonds. The van der Waals surface area contributed by atoms with Gasteiger partial charge in [0, 0.05) is 11.4 Å². The van der Waals surface area contributed by atoms with Gasteiger partial charge in [0.25, 0.3) is 0 Å². The number of pyridine rings is 1. The average molecular weight is 460 g/mol. The van der Waals surface area contributed by atoms with E-state index in [0.29, 0.717) is 6.04 Å². The number of para-hydroxylation sites is 3. The van der Waals surface area contributed by atoms with Crippen LogP contribution in [0.1, 0.15) is 37.8 Å². The third kappa shape index (κ3) is 4.42. The summed E-state index contributed by atoms with van der Waals surface area (Å²) in [4.78, 5) is 14.8. The zero-order valence-electron chi connectivity index (χ0n) is 20.0. The fraction of sp³-hybridized carbons (Fsp3) is 0.233. The van der Waals surface area contributed by atoms with Crippen LogP contribution in [0.25, 0.3) is 28.1 Å². The molecule has 2 aromatic carbocycles. The van der Waals surface area contributed by atoms with E-state index < -0.39 is 0 Å². The molecule has 0 atom stereocenters. The molecular weight excluding hydrogens is 430 g/mol. The first-order valence-corrected chi connectivity index (χ1v) is 12.5. The van der Waals surface area contributed by atoms with E-state index in [4.69, 9.17) is 9.98 Å².